The molecular formula is C33H28BN3O2. The molecule has 1 fully saturated rings. The molecule has 0 aliphatic carbocycles. The van der Waals surface area contributed by atoms with Crippen LogP contribution in [0.15, 0.2) is 97.3 Å². The lowest BCUT2D eigenvalue weighted by Gasteiger charge is -2.32. The van der Waals surface area contributed by atoms with E-state index in [1.165, 1.54) is 0 Å². The van der Waals surface area contributed by atoms with Gasteiger partial charge in [0.15, 0.2) is 0 Å². The van der Waals surface area contributed by atoms with E-state index in [9.17, 15) is 0 Å². The third kappa shape index (κ3) is 3.99. The fraction of sp³-hybridized carbons (Fsp3) is 0.182. The Morgan fingerprint density at radius 1 is 0.641 bits per heavy atom. The van der Waals surface area contributed by atoms with Gasteiger partial charge in [-0.1, -0.05) is 54.6 Å². The number of benzene rings is 3. The summed E-state index contributed by atoms with van der Waals surface area (Å²) in [5.41, 5.74) is 7.24. The molecule has 1 saturated heterocycles. The summed E-state index contributed by atoms with van der Waals surface area (Å²) in [5.74, 6) is 0. The minimum Gasteiger partial charge on any atom is -0.399 e. The lowest BCUT2D eigenvalue weighted by molar-refractivity contribution is 0.00578. The zero-order valence-electron chi connectivity index (χ0n) is 22.5. The summed E-state index contributed by atoms with van der Waals surface area (Å²) in [6.07, 6.45) is 3.65. The highest BCUT2D eigenvalue weighted by Gasteiger charge is 2.51. The first kappa shape index (κ1) is 24.0. The molecule has 7 rings (SSSR count). The summed E-state index contributed by atoms with van der Waals surface area (Å²) in [6.45, 7) is 8.29. The van der Waals surface area contributed by atoms with Crippen molar-refractivity contribution < 1.29 is 9.31 Å². The van der Waals surface area contributed by atoms with Crippen LogP contribution in [0.25, 0.3) is 55.1 Å². The first-order valence-electron chi connectivity index (χ1n) is 13.3. The van der Waals surface area contributed by atoms with Crippen molar-refractivity contribution in [2.45, 2.75) is 38.9 Å². The molecule has 0 spiro atoms. The largest absolute Gasteiger partial charge is 0.494 e. The number of nitrogens with zero attached hydrogens (tertiary/aromatic N) is 3. The van der Waals surface area contributed by atoms with Crippen LogP contribution in [0.2, 0.25) is 0 Å². The SMILES string of the molecule is CC1(C)OB(c2ccc3ccc(-c4ccc(-c5cc6cccnc6c6ncccc56)cc4)nc3c2)OC1(C)C. The van der Waals surface area contributed by atoms with Crippen molar-refractivity contribution >= 4 is 45.3 Å². The molecule has 3 aromatic heterocycles. The number of hydrogen-bond donors (Lipinski definition) is 0. The van der Waals surface area contributed by atoms with E-state index in [0.717, 1.165) is 60.6 Å². The molecule has 0 N–H and O–H groups in total. The van der Waals surface area contributed by atoms with Crippen molar-refractivity contribution in [2.24, 2.45) is 0 Å². The Kier molecular flexibility index (Phi) is 5.34. The standard InChI is InChI=1S/C33H28BN3O2/c1-32(2)33(3,4)39-34(38-32)25-15-13-23-14-16-28(37-29(23)20-25)22-11-9-21(10-12-22)27-19-24-7-5-17-35-30(24)31-26(27)8-6-18-36-31/h5-20H,1-4H3. The molecule has 6 heteroatoms. The van der Waals surface area contributed by atoms with Crippen molar-refractivity contribution in [3.63, 3.8) is 0 Å². The Labute approximate surface area is 228 Å². The van der Waals surface area contributed by atoms with Gasteiger partial charge in [-0.05, 0) is 74.6 Å². The number of aromatic nitrogens is 3. The molecule has 0 saturated carbocycles. The minimum absolute atomic E-state index is 0.382. The molecular weight excluding hydrogens is 481 g/mol. The molecule has 190 valence electrons. The molecule has 0 atom stereocenters. The molecule has 1 aliphatic rings. The van der Waals surface area contributed by atoms with E-state index in [1.807, 2.05) is 24.5 Å². The van der Waals surface area contributed by atoms with E-state index < -0.39 is 7.12 Å². The Bertz CT molecular complexity index is 1870. The normalized spacial score (nSPS) is 16.4. The fourth-order valence-electron chi connectivity index (χ4n) is 5.26. The highest BCUT2D eigenvalue weighted by Crippen LogP contribution is 2.37. The van der Waals surface area contributed by atoms with E-state index in [-0.39, 0.29) is 11.2 Å². The van der Waals surface area contributed by atoms with Gasteiger partial charge in [0.2, 0.25) is 0 Å². The van der Waals surface area contributed by atoms with Gasteiger partial charge >= 0.3 is 7.12 Å². The zero-order chi connectivity index (χ0) is 26.8. The van der Waals surface area contributed by atoms with Crippen molar-refractivity contribution in [1.82, 2.24) is 15.0 Å². The van der Waals surface area contributed by atoms with Crippen LogP contribution >= 0.6 is 0 Å². The first-order chi connectivity index (χ1) is 18.8. The lowest BCUT2D eigenvalue weighted by Crippen LogP contribution is -2.41. The maximum Gasteiger partial charge on any atom is 0.494 e. The van der Waals surface area contributed by atoms with Crippen LogP contribution in [0.5, 0.6) is 0 Å². The number of pyridine rings is 3. The molecule has 0 bridgehead atoms. The topological polar surface area (TPSA) is 57.1 Å². The van der Waals surface area contributed by atoms with E-state index in [1.54, 1.807) is 0 Å². The van der Waals surface area contributed by atoms with Crippen LogP contribution in [0, 0.1) is 0 Å². The second kappa shape index (κ2) is 8.70. The van der Waals surface area contributed by atoms with Crippen LogP contribution in [0.3, 0.4) is 0 Å². The molecule has 6 aromatic rings. The number of hydrogen-bond acceptors (Lipinski definition) is 5. The number of rotatable bonds is 3. The third-order valence-electron chi connectivity index (χ3n) is 8.19. The summed E-state index contributed by atoms with van der Waals surface area (Å²) in [7, 11) is -0.411. The Morgan fingerprint density at radius 2 is 1.31 bits per heavy atom. The van der Waals surface area contributed by atoms with Gasteiger partial charge in [0, 0.05) is 34.1 Å². The smallest absolute Gasteiger partial charge is 0.399 e. The Hall–Kier alpha value is -4.13. The molecule has 1 aliphatic heterocycles. The van der Waals surface area contributed by atoms with Gasteiger partial charge in [0.25, 0.3) is 0 Å². The summed E-state index contributed by atoms with van der Waals surface area (Å²) in [6, 6.07) is 29.4. The second-order valence-electron chi connectivity index (χ2n) is 11.2. The van der Waals surface area contributed by atoms with Crippen LogP contribution in [-0.2, 0) is 9.31 Å². The van der Waals surface area contributed by atoms with Crippen LogP contribution in [-0.4, -0.2) is 33.3 Å². The van der Waals surface area contributed by atoms with Gasteiger partial charge < -0.3 is 9.31 Å². The molecule has 0 unspecified atom stereocenters. The molecule has 4 heterocycles. The van der Waals surface area contributed by atoms with E-state index in [2.05, 4.69) is 110 Å². The monoisotopic (exact) mass is 509 g/mol. The van der Waals surface area contributed by atoms with Gasteiger partial charge in [0.05, 0.1) is 33.4 Å². The van der Waals surface area contributed by atoms with Crippen LogP contribution < -0.4 is 5.46 Å². The predicted octanol–water partition coefficient (Wildman–Crippen LogP) is 6.96. The summed E-state index contributed by atoms with van der Waals surface area (Å²) in [4.78, 5) is 14.2. The summed E-state index contributed by atoms with van der Waals surface area (Å²) < 4.78 is 12.5. The van der Waals surface area contributed by atoms with Gasteiger partial charge in [-0.3, -0.25) is 9.97 Å². The fourth-order valence-corrected chi connectivity index (χ4v) is 5.26. The summed E-state index contributed by atoms with van der Waals surface area (Å²) >= 11 is 0. The predicted molar refractivity (Wildman–Crippen MR) is 159 cm³/mol. The highest BCUT2D eigenvalue weighted by atomic mass is 16.7. The average Bonchev–Trinajstić information content (AvgIpc) is 3.18. The quantitative estimate of drug-likeness (QED) is 0.191. The minimum atomic E-state index is -0.411. The van der Waals surface area contributed by atoms with Gasteiger partial charge in [-0.25, -0.2) is 4.98 Å². The van der Waals surface area contributed by atoms with Gasteiger partial charge in [-0.15, -0.1) is 0 Å². The van der Waals surface area contributed by atoms with Crippen molar-refractivity contribution in [1.29, 1.82) is 0 Å². The van der Waals surface area contributed by atoms with E-state index in [4.69, 9.17) is 14.3 Å². The first-order valence-corrected chi connectivity index (χ1v) is 13.3. The van der Waals surface area contributed by atoms with Crippen molar-refractivity contribution in [3.8, 4) is 22.4 Å². The Morgan fingerprint density at radius 3 is 2.08 bits per heavy atom. The lowest BCUT2D eigenvalue weighted by atomic mass is 9.78. The number of fused-ring (bicyclic) bond motifs is 4. The highest BCUT2D eigenvalue weighted by molar-refractivity contribution is 6.62. The Balaban J connectivity index is 1.25. The average molecular weight is 509 g/mol. The van der Waals surface area contributed by atoms with Gasteiger partial charge in [0.1, 0.15) is 0 Å². The van der Waals surface area contributed by atoms with Crippen LogP contribution in [0.4, 0.5) is 0 Å². The van der Waals surface area contributed by atoms with Crippen molar-refractivity contribution in [3.05, 3.63) is 97.3 Å². The van der Waals surface area contributed by atoms with Crippen LogP contribution in [0.1, 0.15) is 27.7 Å². The maximum atomic E-state index is 6.27. The molecule has 39 heavy (non-hydrogen) atoms. The zero-order valence-corrected chi connectivity index (χ0v) is 22.5. The third-order valence-corrected chi connectivity index (χ3v) is 8.19. The molecule has 5 nitrogen and oxygen atoms in total. The molecule has 0 amide bonds. The maximum absolute atomic E-state index is 6.27. The second-order valence-corrected chi connectivity index (χ2v) is 11.2. The summed E-state index contributed by atoms with van der Waals surface area (Å²) in [5, 5.41) is 3.26. The van der Waals surface area contributed by atoms with E-state index in [0.29, 0.717) is 0 Å². The molecule has 3 aromatic carbocycles. The molecule has 0 radical (unpaired) electrons. The van der Waals surface area contributed by atoms with Crippen molar-refractivity contribution in [2.75, 3.05) is 0 Å². The van der Waals surface area contributed by atoms with Gasteiger partial charge in [-0.2, -0.15) is 0 Å². The van der Waals surface area contributed by atoms with E-state index >= 15 is 0 Å².